The summed E-state index contributed by atoms with van der Waals surface area (Å²) in [6, 6.07) is 23.2. The SMILES string of the molecule is Cc1ccc(Nc2nc(SCC(=O)N3CCC(Oc4no[n+]([O-])c4S(=O)(=O)c4ccccc4)CC3)nc3ccccc23)cc1. The topological polar surface area (TPSA) is 154 Å². The first-order valence-electron chi connectivity index (χ1n) is 13.9. The predicted molar refractivity (Wildman–Crippen MR) is 162 cm³/mol. The molecule has 44 heavy (non-hydrogen) atoms. The summed E-state index contributed by atoms with van der Waals surface area (Å²) in [6.07, 6.45) is 0.384. The lowest BCUT2D eigenvalue weighted by Crippen LogP contribution is -2.42. The minimum Gasteiger partial charge on any atom is -0.451 e. The highest BCUT2D eigenvalue weighted by atomic mass is 32.2. The molecule has 0 aliphatic carbocycles. The number of aromatic nitrogens is 4. The van der Waals surface area contributed by atoms with E-state index in [0.717, 1.165) is 22.2 Å². The zero-order chi connectivity index (χ0) is 30.7. The van der Waals surface area contributed by atoms with Gasteiger partial charge in [0, 0.05) is 37.0 Å². The van der Waals surface area contributed by atoms with Gasteiger partial charge in [0.2, 0.25) is 5.91 Å². The smallest absolute Gasteiger partial charge is 0.415 e. The second-order valence-corrected chi connectivity index (χ2v) is 13.0. The number of anilines is 2. The molecule has 1 aliphatic heterocycles. The number of hydrogen-bond donors (Lipinski definition) is 1. The Bertz CT molecular complexity index is 1890. The Balaban J connectivity index is 1.08. The van der Waals surface area contributed by atoms with Crippen molar-refractivity contribution in [2.75, 3.05) is 24.2 Å². The van der Waals surface area contributed by atoms with Crippen LogP contribution in [0.25, 0.3) is 10.9 Å². The standard InChI is InChI=1S/C30H28N6O6S2/c1-20-11-13-21(14-12-20)31-27-24-9-5-6-10-25(24)32-30(33-27)43-19-26(37)35-17-15-22(16-18-35)41-28-29(36(38)42-34-28)44(39,40)23-7-3-2-4-8-23/h2-14,22H,15-19H2,1H3,(H,31,32,33). The van der Waals surface area contributed by atoms with Crippen molar-refractivity contribution in [3.63, 3.8) is 0 Å². The molecule has 0 atom stereocenters. The first-order chi connectivity index (χ1) is 21.3. The maximum absolute atomic E-state index is 13.1. The maximum Gasteiger partial charge on any atom is 0.415 e. The molecule has 5 aromatic rings. The summed E-state index contributed by atoms with van der Waals surface area (Å²) in [7, 11) is -4.22. The number of ether oxygens (including phenoxy) is 1. The molecule has 0 bridgehead atoms. The van der Waals surface area contributed by atoms with Crippen molar-refractivity contribution in [1.29, 1.82) is 0 Å². The number of likely N-dealkylation sites (tertiary alicyclic amines) is 1. The molecule has 2 aromatic heterocycles. The number of amides is 1. The second-order valence-electron chi connectivity index (χ2n) is 10.2. The van der Waals surface area contributed by atoms with E-state index in [1.807, 2.05) is 55.5 Å². The van der Waals surface area contributed by atoms with Gasteiger partial charge in [-0.05, 0) is 48.2 Å². The van der Waals surface area contributed by atoms with E-state index in [-0.39, 0.29) is 21.5 Å². The van der Waals surface area contributed by atoms with Crippen molar-refractivity contribution < 1.29 is 27.5 Å². The molecule has 1 saturated heterocycles. The minimum absolute atomic E-state index is 0.0792. The monoisotopic (exact) mass is 632 g/mol. The lowest BCUT2D eigenvalue weighted by Gasteiger charge is -2.31. The molecule has 0 saturated carbocycles. The molecule has 3 aromatic carbocycles. The first-order valence-corrected chi connectivity index (χ1v) is 16.3. The van der Waals surface area contributed by atoms with E-state index in [1.165, 1.54) is 23.9 Å². The molecule has 14 heteroatoms. The average Bonchev–Trinajstić information content (AvgIpc) is 3.42. The van der Waals surface area contributed by atoms with Crippen LogP contribution in [-0.4, -0.2) is 59.3 Å². The van der Waals surface area contributed by atoms with Crippen LogP contribution in [0.15, 0.2) is 98.6 Å². The molecule has 1 amide bonds. The summed E-state index contributed by atoms with van der Waals surface area (Å²) in [5.74, 6) is 0.331. The fourth-order valence-electron chi connectivity index (χ4n) is 4.81. The highest BCUT2D eigenvalue weighted by Gasteiger charge is 2.37. The summed E-state index contributed by atoms with van der Waals surface area (Å²) >= 11 is 1.26. The van der Waals surface area contributed by atoms with Crippen LogP contribution in [-0.2, 0) is 14.6 Å². The summed E-state index contributed by atoms with van der Waals surface area (Å²) in [4.78, 5) is 23.9. The van der Waals surface area contributed by atoms with E-state index in [0.29, 0.717) is 36.9 Å². The summed E-state index contributed by atoms with van der Waals surface area (Å²) in [6.45, 7) is 2.80. The molecule has 6 rings (SSSR count). The largest absolute Gasteiger partial charge is 0.451 e. The number of sulfone groups is 1. The number of nitrogens with one attached hydrogen (secondary N) is 1. The number of hydrogen-bond acceptors (Lipinski definition) is 11. The van der Waals surface area contributed by atoms with E-state index < -0.39 is 26.8 Å². The highest BCUT2D eigenvalue weighted by Crippen LogP contribution is 2.29. The lowest BCUT2D eigenvalue weighted by molar-refractivity contribution is -0.832. The van der Waals surface area contributed by atoms with Crippen LogP contribution in [0.4, 0.5) is 11.5 Å². The molecular formula is C30H28N6O6S2. The van der Waals surface area contributed by atoms with Gasteiger partial charge in [0.05, 0.1) is 21.3 Å². The number of piperidine rings is 1. The quantitative estimate of drug-likeness (QED) is 0.141. The zero-order valence-electron chi connectivity index (χ0n) is 23.6. The third-order valence-electron chi connectivity index (χ3n) is 7.15. The fourth-order valence-corrected chi connectivity index (χ4v) is 6.85. The molecule has 12 nitrogen and oxygen atoms in total. The number of nitrogens with zero attached hydrogens (tertiary/aromatic N) is 5. The van der Waals surface area contributed by atoms with E-state index in [1.54, 1.807) is 23.1 Å². The van der Waals surface area contributed by atoms with E-state index in [9.17, 15) is 18.4 Å². The van der Waals surface area contributed by atoms with Gasteiger partial charge in [-0.15, -0.1) is 0 Å². The van der Waals surface area contributed by atoms with E-state index in [2.05, 4.69) is 20.1 Å². The van der Waals surface area contributed by atoms with Crippen molar-refractivity contribution >= 4 is 49.9 Å². The lowest BCUT2D eigenvalue weighted by atomic mass is 10.1. The Kier molecular flexibility index (Phi) is 8.35. The Hall–Kier alpha value is -4.69. The predicted octanol–water partition coefficient (Wildman–Crippen LogP) is 4.30. The Morgan fingerprint density at radius 3 is 2.50 bits per heavy atom. The van der Waals surface area contributed by atoms with Gasteiger partial charge >= 0.3 is 10.9 Å². The number of fused-ring (bicyclic) bond motifs is 1. The molecule has 1 aliphatic rings. The van der Waals surface area contributed by atoms with Gasteiger partial charge in [0.1, 0.15) is 11.9 Å². The Morgan fingerprint density at radius 2 is 1.75 bits per heavy atom. The molecule has 1 fully saturated rings. The van der Waals surface area contributed by atoms with E-state index >= 15 is 0 Å². The van der Waals surface area contributed by atoms with Crippen molar-refractivity contribution in [3.8, 4) is 5.88 Å². The molecule has 0 radical (unpaired) electrons. The normalized spacial score (nSPS) is 14.1. The fraction of sp³-hybridized carbons (Fsp3) is 0.233. The Labute approximate surface area is 257 Å². The van der Waals surface area contributed by atoms with Gasteiger partial charge in [0.15, 0.2) is 5.16 Å². The minimum atomic E-state index is -4.22. The number of aryl methyl sites for hydroxylation is 1. The van der Waals surface area contributed by atoms with Gasteiger partial charge in [-0.2, -0.15) is 0 Å². The summed E-state index contributed by atoms with van der Waals surface area (Å²) in [5, 5.41) is 19.8. The van der Waals surface area contributed by atoms with E-state index in [4.69, 9.17) is 9.72 Å². The van der Waals surface area contributed by atoms with Gasteiger partial charge in [-0.25, -0.2) is 18.4 Å². The second kappa shape index (κ2) is 12.5. The van der Waals surface area contributed by atoms with Crippen LogP contribution in [0.5, 0.6) is 5.88 Å². The molecule has 1 N–H and O–H groups in total. The van der Waals surface area contributed by atoms with Crippen LogP contribution >= 0.6 is 11.8 Å². The van der Waals surface area contributed by atoms with Crippen LogP contribution in [0.1, 0.15) is 18.4 Å². The van der Waals surface area contributed by atoms with Gasteiger partial charge in [0.25, 0.3) is 9.84 Å². The molecular weight excluding hydrogens is 605 g/mol. The van der Waals surface area contributed by atoms with Gasteiger partial charge in [-0.3, -0.25) is 9.42 Å². The van der Waals surface area contributed by atoms with Crippen LogP contribution < -0.4 is 15.0 Å². The number of carbonyl (C=O) groups is 1. The number of carbonyl (C=O) groups excluding carboxylic acids is 1. The molecule has 0 spiro atoms. The third kappa shape index (κ3) is 6.31. The zero-order valence-corrected chi connectivity index (χ0v) is 25.3. The van der Waals surface area contributed by atoms with Crippen molar-refractivity contribution in [2.24, 2.45) is 0 Å². The summed E-state index contributed by atoms with van der Waals surface area (Å²) < 4.78 is 36.5. The molecule has 3 heterocycles. The van der Waals surface area contributed by atoms with Crippen molar-refractivity contribution in [1.82, 2.24) is 20.0 Å². The van der Waals surface area contributed by atoms with Crippen molar-refractivity contribution in [2.45, 2.75) is 40.9 Å². The first kappa shape index (κ1) is 29.4. The Morgan fingerprint density at radius 1 is 1.05 bits per heavy atom. The van der Waals surface area contributed by atoms with Crippen LogP contribution in [0.2, 0.25) is 0 Å². The van der Waals surface area contributed by atoms with Gasteiger partial charge < -0.3 is 20.2 Å². The van der Waals surface area contributed by atoms with Crippen LogP contribution in [0, 0.1) is 12.1 Å². The highest BCUT2D eigenvalue weighted by molar-refractivity contribution is 7.99. The van der Waals surface area contributed by atoms with Crippen molar-refractivity contribution in [3.05, 3.63) is 89.6 Å². The number of thioether (sulfide) groups is 1. The maximum atomic E-state index is 13.1. The average molecular weight is 633 g/mol. The number of rotatable bonds is 9. The third-order valence-corrected chi connectivity index (χ3v) is 9.71. The molecule has 226 valence electrons. The molecule has 0 unspecified atom stereocenters. The summed E-state index contributed by atoms with van der Waals surface area (Å²) in [5.41, 5.74) is 2.82. The number of benzene rings is 3. The van der Waals surface area contributed by atoms with Gasteiger partial charge in [-0.1, -0.05) is 59.8 Å². The number of para-hydroxylation sites is 1. The van der Waals surface area contributed by atoms with Crippen LogP contribution in [0.3, 0.4) is 0 Å².